The van der Waals surface area contributed by atoms with E-state index in [0.29, 0.717) is 17.9 Å². The van der Waals surface area contributed by atoms with Crippen LogP contribution in [0.15, 0.2) is 24.3 Å². The lowest BCUT2D eigenvalue weighted by Crippen LogP contribution is -2.36. The minimum absolute atomic E-state index is 0.288. The van der Waals surface area contributed by atoms with Crippen molar-refractivity contribution >= 4 is 0 Å². The molecule has 2 fully saturated rings. The van der Waals surface area contributed by atoms with E-state index in [0.717, 1.165) is 38.0 Å². The minimum Gasteiger partial charge on any atom is -0.491 e. The predicted octanol–water partition coefficient (Wildman–Crippen LogP) is 0.449. The molecule has 0 aromatic heterocycles. The molecule has 5 nitrogen and oxygen atoms in total. The monoisotopic (exact) mass is 287 g/mol. The van der Waals surface area contributed by atoms with Crippen molar-refractivity contribution in [1.29, 1.82) is 5.26 Å². The number of aliphatic hydroxyl groups excluding tert-OH is 1. The average Bonchev–Trinajstić information content (AvgIpc) is 3.07. The number of likely N-dealkylation sites (tertiary alicyclic amines) is 1. The number of benzene rings is 1. The van der Waals surface area contributed by atoms with Crippen molar-refractivity contribution in [1.82, 2.24) is 10.2 Å². The number of nitrogens with zero attached hydrogens (tertiary/aromatic N) is 2. The first-order valence-electron chi connectivity index (χ1n) is 7.48. The van der Waals surface area contributed by atoms with Crippen LogP contribution in [0.3, 0.4) is 0 Å². The highest BCUT2D eigenvalue weighted by Gasteiger charge is 2.36. The van der Waals surface area contributed by atoms with Gasteiger partial charge in [-0.1, -0.05) is 0 Å². The number of hydrogen-bond donors (Lipinski definition) is 2. The molecule has 0 aliphatic carbocycles. The number of nitrogens with one attached hydrogen (secondary N) is 1. The van der Waals surface area contributed by atoms with Crippen LogP contribution in [0.5, 0.6) is 5.75 Å². The van der Waals surface area contributed by atoms with Gasteiger partial charge in [0.25, 0.3) is 0 Å². The molecule has 0 bridgehead atoms. The highest BCUT2D eigenvalue weighted by atomic mass is 16.5. The third-order valence-corrected chi connectivity index (χ3v) is 4.36. The first-order valence-corrected chi connectivity index (χ1v) is 7.48. The predicted molar refractivity (Wildman–Crippen MR) is 78.9 cm³/mol. The number of rotatable bonds is 5. The molecule has 112 valence electrons. The van der Waals surface area contributed by atoms with Gasteiger partial charge in [0, 0.05) is 19.6 Å². The molecule has 0 saturated carbocycles. The lowest BCUT2D eigenvalue weighted by Gasteiger charge is -2.21. The van der Waals surface area contributed by atoms with Gasteiger partial charge in [0.1, 0.15) is 18.5 Å². The molecule has 0 spiro atoms. The Hall–Kier alpha value is -1.61. The van der Waals surface area contributed by atoms with Crippen molar-refractivity contribution < 1.29 is 9.84 Å². The summed E-state index contributed by atoms with van der Waals surface area (Å²) < 4.78 is 5.57. The van der Waals surface area contributed by atoms with E-state index in [-0.39, 0.29) is 6.61 Å². The van der Waals surface area contributed by atoms with Crippen LogP contribution >= 0.6 is 0 Å². The number of aliphatic hydroxyl groups is 1. The molecular formula is C16H21N3O2. The maximum atomic E-state index is 10.1. The van der Waals surface area contributed by atoms with Gasteiger partial charge in [0.15, 0.2) is 0 Å². The summed E-state index contributed by atoms with van der Waals surface area (Å²) in [7, 11) is 0. The molecule has 0 amide bonds. The summed E-state index contributed by atoms with van der Waals surface area (Å²) >= 11 is 0. The van der Waals surface area contributed by atoms with E-state index < -0.39 is 6.10 Å². The Morgan fingerprint density at radius 1 is 1.29 bits per heavy atom. The van der Waals surface area contributed by atoms with Crippen molar-refractivity contribution in [2.45, 2.75) is 6.10 Å². The van der Waals surface area contributed by atoms with Crippen molar-refractivity contribution in [2.75, 3.05) is 39.3 Å². The van der Waals surface area contributed by atoms with Crippen LogP contribution in [-0.4, -0.2) is 55.4 Å². The van der Waals surface area contributed by atoms with E-state index in [1.165, 1.54) is 0 Å². The van der Waals surface area contributed by atoms with Crippen LogP contribution in [0.25, 0.3) is 0 Å². The third kappa shape index (κ3) is 3.53. The number of ether oxygens (including phenoxy) is 1. The Labute approximate surface area is 125 Å². The fourth-order valence-corrected chi connectivity index (χ4v) is 3.27. The number of fused-ring (bicyclic) bond motifs is 1. The van der Waals surface area contributed by atoms with E-state index in [4.69, 9.17) is 10.00 Å². The van der Waals surface area contributed by atoms with E-state index >= 15 is 0 Å². The lowest BCUT2D eigenvalue weighted by molar-refractivity contribution is 0.0736. The van der Waals surface area contributed by atoms with Gasteiger partial charge in [-0.05, 0) is 49.2 Å². The molecule has 21 heavy (non-hydrogen) atoms. The molecule has 2 aliphatic rings. The Bertz CT molecular complexity index is 499. The zero-order valence-corrected chi connectivity index (χ0v) is 12.0. The van der Waals surface area contributed by atoms with E-state index in [2.05, 4.69) is 16.3 Å². The smallest absolute Gasteiger partial charge is 0.119 e. The van der Waals surface area contributed by atoms with Crippen molar-refractivity contribution in [3.63, 3.8) is 0 Å². The second kappa shape index (κ2) is 6.44. The van der Waals surface area contributed by atoms with Gasteiger partial charge in [-0.25, -0.2) is 0 Å². The molecule has 2 heterocycles. The molecular weight excluding hydrogens is 266 g/mol. The molecule has 2 N–H and O–H groups in total. The Kier molecular flexibility index (Phi) is 4.39. The number of hydrogen-bond acceptors (Lipinski definition) is 5. The normalized spacial score (nSPS) is 26.3. The standard InChI is InChI=1S/C16H21N3O2/c17-5-12-1-3-16(4-2-12)21-11-15(20)10-19-8-13-6-18-7-14(13)9-19/h1-4,13-15,18,20H,6-11H2/t13?,14?,15-/m1/s1. The second-order valence-corrected chi connectivity index (χ2v) is 6.00. The first-order chi connectivity index (χ1) is 10.2. The number of nitriles is 1. The molecule has 1 aromatic rings. The zero-order chi connectivity index (χ0) is 14.7. The molecule has 3 atom stereocenters. The first kappa shape index (κ1) is 14.3. The summed E-state index contributed by atoms with van der Waals surface area (Å²) in [5, 5.41) is 22.3. The minimum atomic E-state index is -0.479. The van der Waals surface area contributed by atoms with Crippen LogP contribution < -0.4 is 10.1 Å². The summed E-state index contributed by atoms with van der Waals surface area (Å²) in [5.74, 6) is 2.18. The molecule has 2 saturated heterocycles. The Morgan fingerprint density at radius 2 is 1.95 bits per heavy atom. The van der Waals surface area contributed by atoms with Crippen LogP contribution in [0, 0.1) is 23.2 Å². The van der Waals surface area contributed by atoms with E-state index in [1.807, 2.05) is 0 Å². The molecule has 1 aromatic carbocycles. The molecule has 3 rings (SSSR count). The third-order valence-electron chi connectivity index (χ3n) is 4.36. The summed E-state index contributed by atoms with van der Waals surface area (Å²) in [5.41, 5.74) is 0.611. The zero-order valence-electron chi connectivity index (χ0n) is 12.0. The van der Waals surface area contributed by atoms with Gasteiger partial charge in [-0.2, -0.15) is 5.26 Å². The van der Waals surface area contributed by atoms with Gasteiger partial charge in [-0.3, -0.25) is 4.90 Å². The summed E-state index contributed by atoms with van der Waals surface area (Å²) in [6.45, 7) is 5.33. The van der Waals surface area contributed by atoms with Gasteiger partial charge < -0.3 is 15.2 Å². The van der Waals surface area contributed by atoms with E-state index in [1.54, 1.807) is 24.3 Å². The highest BCUT2D eigenvalue weighted by molar-refractivity contribution is 5.34. The van der Waals surface area contributed by atoms with Crippen LogP contribution in [0.4, 0.5) is 0 Å². The van der Waals surface area contributed by atoms with Crippen LogP contribution in [-0.2, 0) is 0 Å². The van der Waals surface area contributed by atoms with Crippen LogP contribution in [0.1, 0.15) is 5.56 Å². The van der Waals surface area contributed by atoms with Crippen molar-refractivity contribution in [2.24, 2.45) is 11.8 Å². The SMILES string of the molecule is N#Cc1ccc(OC[C@H](O)CN2CC3CNCC3C2)cc1. The Morgan fingerprint density at radius 3 is 2.57 bits per heavy atom. The van der Waals surface area contributed by atoms with Gasteiger partial charge in [0.05, 0.1) is 11.6 Å². The van der Waals surface area contributed by atoms with Crippen molar-refractivity contribution in [3.05, 3.63) is 29.8 Å². The molecule has 5 heteroatoms. The molecule has 2 unspecified atom stereocenters. The lowest BCUT2D eigenvalue weighted by atomic mass is 10.0. The average molecular weight is 287 g/mol. The summed E-state index contributed by atoms with van der Waals surface area (Å²) in [4.78, 5) is 2.34. The van der Waals surface area contributed by atoms with Crippen LogP contribution in [0.2, 0.25) is 0 Å². The molecule has 2 aliphatic heterocycles. The maximum absolute atomic E-state index is 10.1. The fraction of sp³-hybridized carbons (Fsp3) is 0.562. The van der Waals surface area contributed by atoms with Gasteiger partial charge in [-0.15, -0.1) is 0 Å². The van der Waals surface area contributed by atoms with Crippen molar-refractivity contribution in [3.8, 4) is 11.8 Å². The number of β-amino-alcohol motifs (C(OH)–C–C–N with tert-alkyl or cyclic N) is 1. The quantitative estimate of drug-likeness (QED) is 0.823. The van der Waals surface area contributed by atoms with E-state index in [9.17, 15) is 5.11 Å². The fourth-order valence-electron chi connectivity index (χ4n) is 3.27. The maximum Gasteiger partial charge on any atom is 0.119 e. The topological polar surface area (TPSA) is 68.5 Å². The Balaban J connectivity index is 1.42. The molecule has 0 radical (unpaired) electrons. The van der Waals surface area contributed by atoms with Gasteiger partial charge >= 0.3 is 0 Å². The highest BCUT2D eigenvalue weighted by Crippen LogP contribution is 2.26. The summed E-state index contributed by atoms with van der Waals surface area (Å²) in [6, 6.07) is 9.03. The van der Waals surface area contributed by atoms with Gasteiger partial charge in [0.2, 0.25) is 0 Å². The largest absolute Gasteiger partial charge is 0.491 e. The summed E-state index contributed by atoms with van der Waals surface area (Å²) in [6.07, 6.45) is -0.479. The second-order valence-electron chi connectivity index (χ2n) is 6.00.